The van der Waals surface area contributed by atoms with Crippen LogP contribution in [0.2, 0.25) is 0 Å². The Morgan fingerprint density at radius 3 is 3.00 bits per heavy atom. The van der Waals surface area contributed by atoms with Gasteiger partial charge < -0.3 is 10.3 Å². The largest absolute Gasteiger partial charge is 0.366 e. The third-order valence-electron chi connectivity index (χ3n) is 4.22. The molecule has 5 nitrogen and oxygen atoms in total. The highest BCUT2D eigenvalue weighted by Crippen LogP contribution is 2.24. The average Bonchev–Trinajstić information content (AvgIpc) is 3.20. The molecule has 3 heterocycles. The van der Waals surface area contributed by atoms with Crippen LogP contribution in [0.25, 0.3) is 27.8 Å². The van der Waals surface area contributed by atoms with Gasteiger partial charge in [-0.25, -0.2) is 9.50 Å². The highest BCUT2D eigenvalue weighted by Gasteiger charge is 2.09. The maximum absolute atomic E-state index is 4.70. The van der Waals surface area contributed by atoms with E-state index >= 15 is 0 Å². The van der Waals surface area contributed by atoms with Crippen LogP contribution >= 0.6 is 0 Å². The third-order valence-corrected chi connectivity index (χ3v) is 4.22. The predicted octanol–water partition coefficient (Wildman–Crippen LogP) is 4.09. The summed E-state index contributed by atoms with van der Waals surface area (Å²) in [5, 5.41) is 9.30. The second kappa shape index (κ2) is 5.43. The molecule has 0 bridgehead atoms. The van der Waals surface area contributed by atoms with Crippen LogP contribution in [0.4, 0.5) is 5.82 Å². The van der Waals surface area contributed by atoms with Crippen LogP contribution in [-0.2, 0) is 0 Å². The summed E-state index contributed by atoms with van der Waals surface area (Å²) < 4.78 is 1.90. The fraction of sp³-hybridized carbons (Fsp3) is 0.222. The van der Waals surface area contributed by atoms with Crippen LogP contribution in [-0.4, -0.2) is 25.6 Å². The third kappa shape index (κ3) is 2.44. The lowest BCUT2D eigenvalue weighted by Crippen LogP contribution is -2.15. The minimum atomic E-state index is 0.392. The van der Waals surface area contributed by atoms with Crippen molar-refractivity contribution in [3.63, 3.8) is 0 Å². The molecule has 0 aliphatic heterocycles. The van der Waals surface area contributed by atoms with Crippen molar-refractivity contribution >= 4 is 22.4 Å². The van der Waals surface area contributed by atoms with Crippen molar-refractivity contribution in [2.45, 2.75) is 26.3 Å². The van der Waals surface area contributed by atoms with Crippen molar-refractivity contribution in [1.82, 2.24) is 19.6 Å². The molecule has 4 rings (SSSR count). The summed E-state index contributed by atoms with van der Waals surface area (Å²) in [7, 11) is 0. The van der Waals surface area contributed by atoms with Crippen molar-refractivity contribution in [2.24, 2.45) is 0 Å². The molecule has 2 N–H and O–H groups in total. The van der Waals surface area contributed by atoms with Crippen LogP contribution in [0.3, 0.4) is 0 Å². The van der Waals surface area contributed by atoms with Gasteiger partial charge in [-0.05, 0) is 43.7 Å². The maximum atomic E-state index is 4.70. The first-order chi connectivity index (χ1) is 11.2. The van der Waals surface area contributed by atoms with Gasteiger partial charge in [0, 0.05) is 28.7 Å². The van der Waals surface area contributed by atoms with E-state index in [1.165, 1.54) is 5.39 Å². The number of fused-ring (bicyclic) bond motifs is 2. The number of nitrogens with one attached hydrogen (secondary N) is 2. The Hall–Kier alpha value is -2.82. The second-order valence-electron chi connectivity index (χ2n) is 5.87. The molecule has 5 heteroatoms. The van der Waals surface area contributed by atoms with E-state index in [1.54, 1.807) is 0 Å². The number of nitrogens with zero attached hydrogens (tertiary/aromatic N) is 3. The molecule has 0 amide bonds. The smallest absolute Gasteiger partial charge is 0.154 e. The van der Waals surface area contributed by atoms with E-state index in [1.807, 2.05) is 29.0 Å². The minimum absolute atomic E-state index is 0.392. The zero-order valence-corrected chi connectivity index (χ0v) is 13.2. The molecule has 0 unspecified atom stereocenters. The normalized spacial score (nSPS) is 12.8. The van der Waals surface area contributed by atoms with E-state index in [0.29, 0.717) is 6.04 Å². The average molecular weight is 305 g/mol. The molecule has 0 spiro atoms. The lowest BCUT2D eigenvalue weighted by molar-refractivity contribution is 0.752. The van der Waals surface area contributed by atoms with Gasteiger partial charge >= 0.3 is 0 Å². The summed E-state index contributed by atoms with van der Waals surface area (Å²) >= 11 is 0. The Labute approximate surface area is 134 Å². The van der Waals surface area contributed by atoms with E-state index in [4.69, 9.17) is 5.10 Å². The molecule has 0 aliphatic rings. The summed E-state index contributed by atoms with van der Waals surface area (Å²) in [4.78, 5) is 7.69. The Morgan fingerprint density at radius 2 is 2.13 bits per heavy atom. The molecule has 0 saturated carbocycles. The standard InChI is InChI=1S/C18H19N5/c1-3-12(2)21-17-6-7-18-20-11-16(23(18)22-17)14-4-5-15-13(10-14)8-9-19-15/h4-12,19H,3H2,1-2H3,(H,21,22)/t12-/m1/s1. The fourth-order valence-corrected chi connectivity index (χ4v) is 2.71. The van der Waals surface area contributed by atoms with Gasteiger partial charge in [-0.3, -0.25) is 0 Å². The van der Waals surface area contributed by atoms with Crippen molar-refractivity contribution < 1.29 is 0 Å². The topological polar surface area (TPSA) is 58.0 Å². The SMILES string of the molecule is CC[C@@H](C)Nc1ccc2ncc(-c3ccc4[nH]ccc4c3)n2n1. The molecule has 0 aliphatic carbocycles. The number of benzene rings is 1. The highest BCUT2D eigenvalue weighted by molar-refractivity contribution is 5.84. The molecular weight excluding hydrogens is 286 g/mol. The van der Waals surface area contributed by atoms with Gasteiger partial charge in [0.15, 0.2) is 5.65 Å². The Bertz CT molecular complexity index is 966. The molecule has 1 aromatic carbocycles. The monoisotopic (exact) mass is 305 g/mol. The number of H-pyrrole nitrogens is 1. The second-order valence-corrected chi connectivity index (χ2v) is 5.87. The fourth-order valence-electron chi connectivity index (χ4n) is 2.71. The van der Waals surface area contributed by atoms with Crippen molar-refractivity contribution in [3.05, 3.63) is 48.8 Å². The van der Waals surface area contributed by atoms with Gasteiger partial charge in [-0.1, -0.05) is 13.0 Å². The van der Waals surface area contributed by atoms with Gasteiger partial charge in [0.05, 0.1) is 11.9 Å². The predicted molar refractivity (Wildman–Crippen MR) is 93.7 cm³/mol. The summed E-state index contributed by atoms with van der Waals surface area (Å²) in [5.41, 5.74) is 4.09. The zero-order chi connectivity index (χ0) is 15.8. The quantitative estimate of drug-likeness (QED) is 0.597. The molecule has 3 aromatic heterocycles. The molecular formula is C18H19N5. The molecule has 23 heavy (non-hydrogen) atoms. The van der Waals surface area contributed by atoms with Gasteiger partial charge in [0.2, 0.25) is 0 Å². The van der Waals surface area contributed by atoms with Crippen LogP contribution in [0.5, 0.6) is 0 Å². The van der Waals surface area contributed by atoms with Gasteiger partial charge in [-0.2, -0.15) is 0 Å². The van der Waals surface area contributed by atoms with Crippen LogP contribution in [0, 0.1) is 0 Å². The van der Waals surface area contributed by atoms with Gasteiger partial charge in [-0.15, -0.1) is 5.10 Å². The molecule has 0 saturated heterocycles. The first-order valence-electron chi connectivity index (χ1n) is 7.93. The number of hydrogen-bond donors (Lipinski definition) is 2. The number of rotatable bonds is 4. The lowest BCUT2D eigenvalue weighted by atomic mass is 10.1. The molecule has 116 valence electrons. The Kier molecular flexibility index (Phi) is 3.26. The summed E-state index contributed by atoms with van der Waals surface area (Å²) in [5.74, 6) is 0.869. The molecule has 0 fully saturated rings. The lowest BCUT2D eigenvalue weighted by Gasteiger charge is -2.12. The number of aromatic amines is 1. The number of imidazole rings is 1. The number of anilines is 1. The van der Waals surface area contributed by atoms with E-state index in [9.17, 15) is 0 Å². The Morgan fingerprint density at radius 1 is 1.22 bits per heavy atom. The van der Waals surface area contributed by atoms with Crippen LogP contribution in [0.1, 0.15) is 20.3 Å². The van der Waals surface area contributed by atoms with Crippen molar-refractivity contribution in [1.29, 1.82) is 0 Å². The summed E-state index contributed by atoms with van der Waals surface area (Å²) in [6.07, 6.45) is 4.89. The van der Waals surface area contributed by atoms with Gasteiger partial charge in [0.1, 0.15) is 5.82 Å². The van der Waals surface area contributed by atoms with E-state index in [2.05, 4.69) is 53.4 Å². The molecule has 4 aromatic rings. The maximum Gasteiger partial charge on any atom is 0.154 e. The van der Waals surface area contributed by atoms with Crippen LogP contribution in [0.15, 0.2) is 48.8 Å². The van der Waals surface area contributed by atoms with Crippen molar-refractivity contribution in [3.8, 4) is 11.3 Å². The van der Waals surface area contributed by atoms with Crippen LogP contribution < -0.4 is 5.32 Å². The Balaban J connectivity index is 1.80. The van der Waals surface area contributed by atoms with E-state index < -0.39 is 0 Å². The summed E-state index contributed by atoms with van der Waals surface area (Å²) in [6, 6.07) is 12.8. The number of hydrogen-bond acceptors (Lipinski definition) is 3. The zero-order valence-electron chi connectivity index (χ0n) is 13.2. The molecule has 1 atom stereocenters. The minimum Gasteiger partial charge on any atom is -0.366 e. The number of aromatic nitrogens is 4. The first kappa shape index (κ1) is 13.8. The highest BCUT2D eigenvalue weighted by atomic mass is 15.3. The van der Waals surface area contributed by atoms with Crippen molar-refractivity contribution in [2.75, 3.05) is 5.32 Å². The van der Waals surface area contributed by atoms with E-state index in [-0.39, 0.29) is 0 Å². The molecule has 0 radical (unpaired) electrons. The van der Waals surface area contributed by atoms with E-state index in [0.717, 1.165) is 34.7 Å². The van der Waals surface area contributed by atoms with Gasteiger partial charge in [0.25, 0.3) is 0 Å². The summed E-state index contributed by atoms with van der Waals surface area (Å²) in [6.45, 7) is 4.31. The first-order valence-corrected chi connectivity index (χ1v) is 7.93.